The van der Waals surface area contributed by atoms with Crippen LogP contribution in [-0.2, 0) is 16.1 Å². The van der Waals surface area contributed by atoms with Crippen LogP contribution < -0.4 is 16.2 Å². The first-order valence-corrected chi connectivity index (χ1v) is 9.61. The highest BCUT2D eigenvalue weighted by molar-refractivity contribution is 5.92. The number of hydrogen-bond donors (Lipinski definition) is 2. The third-order valence-electron chi connectivity index (χ3n) is 4.46. The number of nitrogens with one attached hydrogen (secondary N) is 2. The van der Waals surface area contributed by atoms with E-state index in [0.717, 1.165) is 5.56 Å². The average Bonchev–Trinajstić information content (AvgIpc) is 2.71. The van der Waals surface area contributed by atoms with Crippen molar-refractivity contribution in [2.24, 2.45) is 5.92 Å². The van der Waals surface area contributed by atoms with Crippen LogP contribution in [0.4, 0.5) is 10.5 Å². The van der Waals surface area contributed by atoms with Gasteiger partial charge < -0.3 is 15.4 Å². The van der Waals surface area contributed by atoms with Crippen molar-refractivity contribution >= 4 is 23.3 Å². The quantitative estimate of drug-likeness (QED) is 0.611. The van der Waals surface area contributed by atoms with Gasteiger partial charge in [0.2, 0.25) is 0 Å². The zero-order valence-corrected chi connectivity index (χ0v) is 17.1. The minimum absolute atomic E-state index is 0.163. The van der Waals surface area contributed by atoms with E-state index in [4.69, 9.17) is 4.74 Å². The Bertz CT molecular complexity index is 1110. The SMILES string of the molecule is Cc1ccc2nc(COC(=O)[C@@H](NC(=O)Nc3ccccc3)C(C)C)cc(=O)n2c1. The second-order valence-electron chi connectivity index (χ2n) is 7.31. The Morgan fingerprint density at radius 1 is 1.13 bits per heavy atom. The minimum atomic E-state index is -0.849. The van der Waals surface area contributed by atoms with Gasteiger partial charge in [-0.15, -0.1) is 0 Å². The van der Waals surface area contributed by atoms with Gasteiger partial charge in [0.1, 0.15) is 18.3 Å². The van der Waals surface area contributed by atoms with E-state index < -0.39 is 18.0 Å². The first-order chi connectivity index (χ1) is 14.3. The van der Waals surface area contributed by atoms with Crippen LogP contribution in [0, 0.1) is 12.8 Å². The molecule has 8 heteroatoms. The van der Waals surface area contributed by atoms with E-state index in [-0.39, 0.29) is 18.1 Å². The number of anilines is 1. The topological polar surface area (TPSA) is 102 Å². The Hall–Kier alpha value is -3.68. The number of aryl methyl sites for hydroxylation is 1. The van der Waals surface area contributed by atoms with E-state index >= 15 is 0 Å². The Kier molecular flexibility index (Phi) is 6.46. The van der Waals surface area contributed by atoms with Crippen molar-refractivity contribution in [1.82, 2.24) is 14.7 Å². The average molecular weight is 408 g/mol. The zero-order valence-electron chi connectivity index (χ0n) is 17.1. The number of carbonyl (C=O) groups excluding carboxylic acids is 2. The number of para-hydroxylation sites is 1. The standard InChI is InChI=1S/C22H24N4O4/c1-14(2)20(25-22(29)24-16-7-5-4-6-8-16)21(28)30-13-17-11-19(27)26-12-15(3)9-10-18(26)23-17/h4-12,14,20H,13H2,1-3H3,(H2,24,25,29)/t20-/m0/s1. The summed E-state index contributed by atoms with van der Waals surface area (Å²) in [7, 11) is 0. The summed E-state index contributed by atoms with van der Waals surface area (Å²) in [5.41, 5.74) is 2.11. The molecular formula is C22H24N4O4. The molecule has 0 aliphatic carbocycles. The number of aromatic nitrogens is 2. The molecule has 2 aromatic heterocycles. The lowest BCUT2D eigenvalue weighted by Gasteiger charge is -2.21. The lowest BCUT2D eigenvalue weighted by Crippen LogP contribution is -2.47. The molecule has 0 unspecified atom stereocenters. The van der Waals surface area contributed by atoms with Gasteiger partial charge in [-0.1, -0.05) is 38.1 Å². The fourth-order valence-electron chi connectivity index (χ4n) is 2.89. The smallest absolute Gasteiger partial charge is 0.329 e. The maximum Gasteiger partial charge on any atom is 0.329 e. The minimum Gasteiger partial charge on any atom is -0.458 e. The van der Waals surface area contributed by atoms with Gasteiger partial charge in [0.25, 0.3) is 5.56 Å². The molecule has 156 valence electrons. The number of benzene rings is 1. The molecule has 1 atom stereocenters. The van der Waals surface area contributed by atoms with Gasteiger partial charge in [-0.25, -0.2) is 14.6 Å². The molecule has 1 aromatic carbocycles. The van der Waals surface area contributed by atoms with Crippen LogP contribution in [0.2, 0.25) is 0 Å². The number of pyridine rings is 1. The zero-order chi connectivity index (χ0) is 21.7. The van der Waals surface area contributed by atoms with E-state index in [2.05, 4.69) is 15.6 Å². The number of hydrogen-bond acceptors (Lipinski definition) is 5. The molecule has 3 aromatic rings. The molecule has 8 nitrogen and oxygen atoms in total. The molecule has 0 spiro atoms. The Morgan fingerprint density at radius 3 is 2.57 bits per heavy atom. The van der Waals surface area contributed by atoms with Gasteiger partial charge in [0.15, 0.2) is 0 Å². The Balaban J connectivity index is 1.65. The summed E-state index contributed by atoms with van der Waals surface area (Å²) >= 11 is 0. The van der Waals surface area contributed by atoms with Crippen molar-refractivity contribution in [2.45, 2.75) is 33.4 Å². The molecule has 30 heavy (non-hydrogen) atoms. The first-order valence-electron chi connectivity index (χ1n) is 9.61. The van der Waals surface area contributed by atoms with Crippen LogP contribution in [0.15, 0.2) is 59.5 Å². The Morgan fingerprint density at radius 2 is 1.87 bits per heavy atom. The summed E-state index contributed by atoms with van der Waals surface area (Å²) in [5, 5.41) is 5.31. The van der Waals surface area contributed by atoms with Gasteiger partial charge in [-0.3, -0.25) is 9.20 Å². The maximum absolute atomic E-state index is 12.6. The summed E-state index contributed by atoms with van der Waals surface area (Å²) in [5.74, 6) is -0.795. The van der Waals surface area contributed by atoms with E-state index in [1.165, 1.54) is 10.5 Å². The number of rotatable bonds is 6. The normalized spacial score (nSPS) is 11.9. The number of amides is 2. The van der Waals surface area contributed by atoms with Crippen molar-refractivity contribution in [1.29, 1.82) is 0 Å². The molecule has 0 saturated heterocycles. The summed E-state index contributed by atoms with van der Waals surface area (Å²) in [4.78, 5) is 41.4. The third-order valence-corrected chi connectivity index (χ3v) is 4.46. The molecular weight excluding hydrogens is 384 g/mol. The number of nitrogens with zero attached hydrogens (tertiary/aromatic N) is 2. The van der Waals surface area contributed by atoms with Crippen LogP contribution in [0.5, 0.6) is 0 Å². The van der Waals surface area contributed by atoms with Crippen molar-refractivity contribution in [3.05, 3.63) is 76.3 Å². The maximum atomic E-state index is 12.6. The summed E-state index contributed by atoms with van der Waals surface area (Å²) in [6, 6.07) is 12.5. The lowest BCUT2D eigenvalue weighted by molar-refractivity contribution is -0.148. The molecule has 0 bridgehead atoms. The van der Waals surface area contributed by atoms with E-state index in [9.17, 15) is 14.4 Å². The molecule has 0 aliphatic heterocycles. The molecule has 2 amide bonds. The van der Waals surface area contributed by atoms with Crippen LogP contribution in [0.1, 0.15) is 25.1 Å². The highest BCUT2D eigenvalue weighted by atomic mass is 16.5. The lowest BCUT2D eigenvalue weighted by atomic mass is 10.1. The van der Waals surface area contributed by atoms with Crippen LogP contribution in [0.3, 0.4) is 0 Å². The predicted octanol–water partition coefficient (Wildman–Crippen LogP) is 2.89. The van der Waals surface area contributed by atoms with E-state index in [1.807, 2.05) is 19.1 Å². The summed E-state index contributed by atoms with van der Waals surface area (Å²) in [6.07, 6.45) is 1.70. The van der Waals surface area contributed by atoms with Crippen LogP contribution >= 0.6 is 0 Å². The van der Waals surface area contributed by atoms with Crippen molar-refractivity contribution < 1.29 is 14.3 Å². The third kappa shape index (κ3) is 5.22. The number of ether oxygens (including phenoxy) is 1. The monoisotopic (exact) mass is 408 g/mol. The van der Waals surface area contributed by atoms with Crippen molar-refractivity contribution in [3.8, 4) is 0 Å². The highest BCUT2D eigenvalue weighted by Gasteiger charge is 2.26. The number of urea groups is 1. The fraction of sp³-hybridized carbons (Fsp3) is 0.273. The molecule has 0 saturated carbocycles. The molecule has 2 N–H and O–H groups in total. The van der Waals surface area contributed by atoms with Gasteiger partial charge in [-0.05, 0) is 36.6 Å². The van der Waals surface area contributed by atoms with Gasteiger partial charge >= 0.3 is 12.0 Å². The molecule has 3 rings (SSSR count). The van der Waals surface area contributed by atoms with Crippen LogP contribution in [0.25, 0.3) is 5.65 Å². The van der Waals surface area contributed by atoms with E-state index in [1.54, 1.807) is 50.4 Å². The summed E-state index contributed by atoms with van der Waals surface area (Å²) < 4.78 is 6.78. The highest BCUT2D eigenvalue weighted by Crippen LogP contribution is 2.09. The van der Waals surface area contributed by atoms with Crippen LogP contribution in [-0.4, -0.2) is 27.4 Å². The number of fused-ring (bicyclic) bond motifs is 1. The predicted molar refractivity (Wildman–Crippen MR) is 113 cm³/mol. The van der Waals surface area contributed by atoms with E-state index in [0.29, 0.717) is 17.0 Å². The first kappa shape index (κ1) is 21.0. The number of esters is 1. The molecule has 2 heterocycles. The van der Waals surface area contributed by atoms with Crippen molar-refractivity contribution in [3.63, 3.8) is 0 Å². The second-order valence-corrected chi connectivity index (χ2v) is 7.31. The number of carbonyl (C=O) groups is 2. The second kappa shape index (κ2) is 9.21. The van der Waals surface area contributed by atoms with Gasteiger partial charge in [0.05, 0.1) is 5.69 Å². The largest absolute Gasteiger partial charge is 0.458 e. The van der Waals surface area contributed by atoms with Gasteiger partial charge in [0, 0.05) is 18.0 Å². The molecule has 0 radical (unpaired) electrons. The van der Waals surface area contributed by atoms with Crippen molar-refractivity contribution in [2.75, 3.05) is 5.32 Å². The molecule has 0 aliphatic rings. The summed E-state index contributed by atoms with van der Waals surface area (Å²) in [6.45, 7) is 5.33. The fourth-order valence-corrected chi connectivity index (χ4v) is 2.89. The van der Waals surface area contributed by atoms with Gasteiger partial charge in [-0.2, -0.15) is 0 Å². The molecule has 0 fully saturated rings. The Labute approximate surface area is 173 Å².